The third-order valence-electron chi connectivity index (χ3n) is 5.25. The topological polar surface area (TPSA) is 20.2 Å². The molecule has 0 aromatic heterocycles. The summed E-state index contributed by atoms with van der Waals surface area (Å²) in [5.74, 6) is 0. The predicted molar refractivity (Wildman–Crippen MR) is 127 cm³/mol. The lowest BCUT2D eigenvalue weighted by Gasteiger charge is -2.25. The molecule has 0 aliphatic carbocycles. The molecule has 0 unspecified atom stereocenters. The van der Waals surface area contributed by atoms with Gasteiger partial charge in [-0.3, -0.25) is 0 Å². The molecular formula is C23H50OP2. The second-order valence-electron chi connectivity index (χ2n) is 8.08. The van der Waals surface area contributed by atoms with Crippen LogP contribution in [0.5, 0.6) is 0 Å². The molecule has 26 heavy (non-hydrogen) atoms. The van der Waals surface area contributed by atoms with Crippen molar-refractivity contribution < 1.29 is 5.11 Å². The van der Waals surface area contributed by atoms with Gasteiger partial charge in [-0.15, -0.1) is 15.8 Å². The molecule has 0 spiro atoms. The summed E-state index contributed by atoms with van der Waals surface area (Å²) in [7, 11) is 0.149. The molecule has 0 aliphatic rings. The lowest BCUT2D eigenvalue weighted by Crippen LogP contribution is -2.19. The number of aliphatic hydroxyl groups excluding tert-OH is 1. The number of rotatable bonds is 20. The Kier molecular flexibility index (Phi) is 21.2. The molecule has 0 heterocycles. The first kappa shape index (κ1) is 26.8. The summed E-state index contributed by atoms with van der Waals surface area (Å²) in [6.45, 7) is 9.20. The maximum Gasteiger partial charge on any atom is 0.0618 e. The minimum Gasteiger partial charge on any atom is -0.392 e. The maximum absolute atomic E-state index is 10.8. The SMILES string of the molecule is CCCCCP(CCCCC)CC(O)CP(CCCCC)CCCCC. The highest BCUT2D eigenvalue weighted by Gasteiger charge is 2.18. The van der Waals surface area contributed by atoms with Crippen molar-refractivity contribution in [2.75, 3.05) is 37.0 Å². The van der Waals surface area contributed by atoms with Crippen LogP contribution in [-0.4, -0.2) is 48.2 Å². The van der Waals surface area contributed by atoms with Crippen molar-refractivity contribution >= 4 is 15.8 Å². The Hall–Kier alpha value is 0.820. The van der Waals surface area contributed by atoms with Gasteiger partial charge in [-0.05, 0) is 62.7 Å². The zero-order chi connectivity index (χ0) is 19.5. The lowest BCUT2D eigenvalue weighted by atomic mass is 10.3. The molecule has 1 N–H and O–H groups in total. The smallest absolute Gasteiger partial charge is 0.0618 e. The quantitative estimate of drug-likeness (QED) is 0.161. The van der Waals surface area contributed by atoms with Gasteiger partial charge < -0.3 is 5.11 Å². The van der Waals surface area contributed by atoms with Gasteiger partial charge in [-0.25, -0.2) is 0 Å². The van der Waals surface area contributed by atoms with E-state index in [2.05, 4.69) is 27.7 Å². The Balaban J connectivity index is 4.38. The Morgan fingerprint density at radius 2 is 0.769 bits per heavy atom. The van der Waals surface area contributed by atoms with E-state index in [9.17, 15) is 5.11 Å². The molecule has 0 saturated carbocycles. The van der Waals surface area contributed by atoms with Gasteiger partial charge in [0.1, 0.15) is 0 Å². The Morgan fingerprint density at radius 1 is 0.500 bits per heavy atom. The van der Waals surface area contributed by atoms with E-state index in [0.29, 0.717) is 0 Å². The molecule has 0 aliphatic heterocycles. The van der Waals surface area contributed by atoms with Crippen molar-refractivity contribution in [1.82, 2.24) is 0 Å². The first-order valence-corrected chi connectivity index (χ1v) is 15.6. The van der Waals surface area contributed by atoms with Crippen LogP contribution in [0.2, 0.25) is 0 Å². The Bertz CT molecular complexity index is 227. The molecule has 0 radical (unpaired) electrons. The van der Waals surface area contributed by atoms with Crippen molar-refractivity contribution in [3.8, 4) is 0 Å². The van der Waals surface area contributed by atoms with Crippen molar-refractivity contribution in [2.24, 2.45) is 0 Å². The number of hydrogen-bond donors (Lipinski definition) is 1. The number of hydrogen-bond acceptors (Lipinski definition) is 1. The zero-order valence-corrected chi connectivity index (χ0v) is 20.4. The van der Waals surface area contributed by atoms with Crippen molar-refractivity contribution in [3.05, 3.63) is 0 Å². The molecule has 0 aromatic rings. The summed E-state index contributed by atoms with van der Waals surface area (Å²) in [6, 6.07) is 0. The fourth-order valence-electron chi connectivity index (χ4n) is 3.58. The first-order chi connectivity index (χ1) is 12.7. The standard InChI is InChI=1S/C23H50OP2/c1-5-9-13-17-25(18-14-10-6-2)21-23(24)22-26(19-15-11-7-3)20-16-12-8-4/h23-24H,5-22H2,1-4H3. The zero-order valence-electron chi connectivity index (χ0n) is 18.6. The summed E-state index contributed by atoms with van der Waals surface area (Å²) in [4.78, 5) is 0. The van der Waals surface area contributed by atoms with Crippen LogP contribution in [0, 0.1) is 0 Å². The second-order valence-corrected chi connectivity index (χ2v) is 13.3. The molecule has 0 bridgehead atoms. The van der Waals surface area contributed by atoms with E-state index in [-0.39, 0.29) is 21.9 Å². The molecular weight excluding hydrogens is 354 g/mol. The van der Waals surface area contributed by atoms with Gasteiger partial charge in [0.2, 0.25) is 0 Å². The minimum absolute atomic E-state index is 0.00118. The van der Waals surface area contributed by atoms with Gasteiger partial charge in [0.05, 0.1) is 6.10 Å². The van der Waals surface area contributed by atoms with Crippen LogP contribution in [0.25, 0.3) is 0 Å². The van der Waals surface area contributed by atoms with E-state index in [1.165, 1.54) is 102 Å². The second kappa shape index (κ2) is 20.6. The molecule has 0 aromatic carbocycles. The van der Waals surface area contributed by atoms with Crippen LogP contribution < -0.4 is 0 Å². The molecule has 1 nitrogen and oxygen atoms in total. The van der Waals surface area contributed by atoms with E-state index in [0.717, 1.165) is 12.3 Å². The molecule has 0 amide bonds. The van der Waals surface area contributed by atoms with Crippen LogP contribution in [0.1, 0.15) is 105 Å². The summed E-state index contributed by atoms with van der Waals surface area (Å²) in [5.41, 5.74) is 0. The largest absolute Gasteiger partial charge is 0.392 e. The highest BCUT2D eigenvalue weighted by Crippen LogP contribution is 2.43. The monoisotopic (exact) mass is 404 g/mol. The van der Waals surface area contributed by atoms with Crippen LogP contribution in [0.3, 0.4) is 0 Å². The van der Waals surface area contributed by atoms with Gasteiger partial charge in [0.25, 0.3) is 0 Å². The molecule has 158 valence electrons. The summed E-state index contributed by atoms with van der Waals surface area (Å²) in [5, 5.41) is 10.8. The van der Waals surface area contributed by atoms with E-state index < -0.39 is 0 Å². The fraction of sp³-hybridized carbons (Fsp3) is 1.00. The van der Waals surface area contributed by atoms with Crippen LogP contribution in [0.15, 0.2) is 0 Å². The van der Waals surface area contributed by atoms with E-state index in [1.807, 2.05) is 0 Å². The highest BCUT2D eigenvalue weighted by atomic mass is 31.1. The maximum atomic E-state index is 10.8. The number of aliphatic hydroxyl groups is 1. The Morgan fingerprint density at radius 3 is 1.00 bits per heavy atom. The average Bonchev–Trinajstić information content (AvgIpc) is 2.62. The summed E-state index contributed by atoms with van der Waals surface area (Å²) < 4.78 is 0. The summed E-state index contributed by atoms with van der Waals surface area (Å²) >= 11 is 0. The third-order valence-corrected chi connectivity index (χ3v) is 10.9. The van der Waals surface area contributed by atoms with Crippen molar-refractivity contribution in [3.63, 3.8) is 0 Å². The molecule has 0 saturated heterocycles. The Labute approximate surface area is 169 Å². The molecule has 0 fully saturated rings. The first-order valence-electron chi connectivity index (χ1n) is 11.8. The fourth-order valence-corrected chi connectivity index (χ4v) is 9.10. The van der Waals surface area contributed by atoms with E-state index >= 15 is 0 Å². The van der Waals surface area contributed by atoms with Gasteiger partial charge in [0.15, 0.2) is 0 Å². The van der Waals surface area contributed by atoms with Gasteiger partial charge in [-0.2, -0.15) is 0 Å². The van der Waals surface area contributed by atoms with Crippen LogP contribution in [-0.2, 0) is 0 Å². The van der Waals surface area contributed by atoms with Gasteiger partial charge in [0, 0.05) is 0 Å². The normalized spacial score (nSPS) is 12.0. The minimum atomic E-state index is -0.00118. The molecule has 0 rings (SSSR count). The summed E-state index contributed by atoms with van der Waals surface area (Å²) in [6.07, 6.45) is 24.3. The predicted octanol–water partition coefficient (Wildman–Crippen LogP) is 8.07. The van der Waals surface area contributed by atoms with Crippen LogP contribution in [0.4, 0.5) is 0 Å². The van der Waals surface area contributed by atoms with Crippen molar-refractivity contribution in [1.29, 1.82) is 0 Å². The van der Waals surface area contributed by atoms with Crippen molar-refractivity contribution in [2.45, 2.75) is 111 Å². The van der Waals surface area contributed by atoms with E-state index in [4.69, 9.17) is 0 Å². The van der Waals surface area contributed by atoms with Gasteiger partial charge in [-0.1, -0.05) is 79.1 Å². The van der Waals surface area contributed by atoms with Crippen LogP contribution >= 0.6 is 15.8 Å². The lowest BCUT2D eigenvalue weighted by molar-refractivity contribution is 0.222. The molecule has 3 heteroatoms. The average molecular weight is 405 g/mol. The van der Waals surface area contributed by atoms with Gasteiger partial charge >= 0.3 is 0 Å². The molecule has 0 atom stereocenters. The third kappa shape index (κ3) is 17.0. The highest BCUT2D eigenvalue weighted by molar-refractivity contribution is 7.58. The van der Waals surface area contributed by atoms with E-state index in [1.54, 1.807) is 0 Å². The number of unbranched alkanes of at least 4 members (excludes halogenated alkanes) is 8.